The summed E-state index contributed by atoms with van der Waals surface area (Å²) in [6.07, 6.45) is 4.08. The van der Waals surface area contributed by atoms with Crippen LogP contribution in [0.25, 0.3) is 0 Å². The molecule has 1 saturated heterocycles. The second kappa shape index (κ2) is 6.27. The van der Waals surface area contributed by atoms with E-state index in [2.05, 4.69) is 27.8 Å². The Labute approximate surface area is 117 Å². The third kappa shape index (κ3) is 3.86. The van der Waals surface area contributed by atoms with Gasteiger partial charge in [0.05, 0.1) is 6.54 Å². The van der Waals surface area contributed by atoms with E-state index in [1.807, 2.05) is 23.3 Å². The van der Waals surface area contributed by atoms with Crippen molar-refractivity contribution in [2.75, 3.05) is 12.3 Å². The summed E-state index contributed by atoms with van der Waals surface area (Å²) in [4.78, 5) is 11.7. The normalized spacial score (nSPS) is 22.4. The van der Waals surface area contributed by atoms with Gasteiger partial charge in [-0.3, -0.25) is 0 Å². The molecule has 2 rings (SSSR count). The predicted molar refractivity (Wildman–Crippen MR) is 76.0 cm³/mol. The van der Waals surface area contributed by atoms with Gasteiger partial charge in [0.25, 0.3) is 0 Å². The average molecular weight is 283 g/mol. The van der Waals surface area contributed by atoms with Crippen LogP contribution in [0.1, 0.15) is 32.5 Å². The highest BCUT2D eigenvalue weighted by Gasteiger charge is 2.29. The van der Waals surface area contributed by atoms with E-state index in [1.54, 1.807) is 6.33 Å². The van der Waals surface area contributed by atoms with Crippen molar-refractivity contribution in [3.63, 3.8) is 0 Å². The summed E-state index contributed by atoms with van der Waals surface area (Å²) in [5, 5.41) is 13.6. The fourth-order valence-corrected chi connectivity index (χ4v) is 3.39. The Morgan fingerprint density at radius 2 is 2.42 bits per heavy atom. The molecule has 2 amide bonds. The number of aromatic nitrogens is 3. The molecule has 0 radical (unpaired) electrons. The first kappa shape index (κ1) is 14.2. The summed E-state index contributed by atoms with van der Waals surface area (Å²) in [5.74, 6) is 1.97. The van der Waals surface area contributed by atoms with E-state index in [9.17, 15) is 4.79 Å². The van der Waals surface area contributed by atoms with Gasteiger partial charge in [-0.05, 0) is 32.4 Å². The molecular weight excluding hydrogens is 262 g/mol. The van der Waals surface area contributed by atoms with Crippen molar-refractivity contribution in [3.8, 4) is 0 Å². The first-order valence-corrected chi connectivity index (χ1v) is 7.64. The molecule has 0 aromatic carbocycles. The van der Waals surface area contributed by atoms with Crippen LogP contribution in [0.5, 0.6) is 0 Å². The van der Waals surface area contributed by atoms with Crippen LogP contribution < -0.4 is 10.6 Å². The third-order valence-corrected chi connectivity index (χ3v) is 4.91. The van der Waals surface area contributed by atoms with Crippen LogP contribution in [0.2, 0.25) is 0 Å². The molecule has 2 N–H and O–H groups in total. The fourth-order valence-electron chi connectivity index (χ4n) is 2.15. The van der Waals surface area contributed by atoms with Crippen molar-refractivity contribution in [1.82, 2.24) is 25.4 Å². The minimum atomic E-state index is -0.139. The minimum absolute atomic E-state index is 0.139. The lowest BCUT2D eigenvalue weighted by Gasteiger charge is -2.22. The van der Waals surface area contributed by atoms with E-state index >= 15 is 0 Å². The predicted octanol–water partition coefficient (Wildman–Crippen LogP) is 1.38. The first-order chi connectivity index (χ1) is 9.13. The summed E-state index contributed by atoms with van der Waals surface area (Å²) in [6, 6.07) is -0.139. The average Bonchev–Trinajstić information content (AvgIpc) is 3.03. The molecule has 2 heterocycles. The number of nitrogens with zero attached hydrogens (tertiary/aromatic N) is 3. The van der Waals surface area contributed by atoms with Crippen LogP contribution in [0.15, 0.2) is 6.33 Å². The van der Waals surface area contributed by atoms with Crippen molar-refractivity contribution in [3.05, 3.63) is 12.2 Å². The van der Waals surface area contributed by atoms with Gasteiger partial charge in [0, 0.05) is 17.8 Å². The molecule has 1 aromatic rings. The van der Waals surface area contributed by atoms with Crippen molar-refractivity contribution < 1.29 is 4.79 Å². The number of aryl methyl sites for hydroxylation is 1. The van der Waals surface area contributed by atoms with E-state index in [4.69, 9.17) is 0 Å². The van der Waals surface area contributed by atoms with Gasteiger partial charge in [-0.15, -0.1) is 10.2 Å². The van der Waals surface area contributed by atoms with Crippen LogP contribution in [0.4, 0.5) is 4.79 Å². The van der Waals surface area contributed by atoms with Crippen LogP contribution in [-0.4, -0.2) is 37.8 Å². The molecule has 1 aromatic heterocycles. The molecule has 1 fully saturated rings. The number of urea groups is 1. The number of hydrogen-bond acceptors (Lipinski definition) is 4. The molecule has 6 nitrogen and oxygen atoms in total. The number of carbonyl (C=O) groups excluding carboxylic acids is 1. The molecule has 106 valence electrons. The SMILES string of the molecule is CCn1cnnc1CNC(=O)NCC1(C)CCCS1. The third-order valence-electron chi connectivity index (χ3n) is 3.37. The van der Waals surface area contributed by atoms with Crippen LogP contribution in [0.3, 0.4) is 0 Å². The maximum absolute atomic E-state index is 11.7. The highest BCUT2D eigenvalue weighted by atomic mass is 32.2. The highest BCUT2D eigenvalue weighted by Crippen LogP contribution is 2.36. The smallest absolute Gasteiger partial charge is 0.315 e. The van der Waals surface area contributed by atoms with Gasteiger partial charge in [0.15, 0.2) is 5.82 Å². The molecule has 0 spiro atoms. The zero-order chi connectivity index (χ0) is 13.7. The zero-order valence-corrected chi connectivity index (χ0v) is 12.3. The Hall–Kier alpha value is -1.24. The van der Waals surface area contributed by atoms with E-state index in [0.29, 0.717) is 13.1 Å². The summed E-state index contributed by atoms with van der Waals surface area (Å²) >= 11 is 1.94. The highest BCUT2D eigenvalue weighted by molar-refractivity contribution is 8.00. The molecule has 1 unspecified atom stereocenters. The second-order valence-electron chi connectivity index (χ2n) is 4.97. The molecule has 1 aliphatic heterocycles. The number of amides is 2. The molecular formula is C12H21N5OS. The van der Waals surface area contributed by atoms with Gasteiger partial charge in [0.1, 0.15) is 6.33 Å². The molecule has 1 atom stereocenters. The van der Waals surface area contributed by atoms with Gasteiger partial charge in [-0.2, -0.15) is 11.8 Å². The number of thioether (sulfide) groups is 1. The number of rotatable bonds is 5. The number of carbonyl (C=O) groups is 1. The fraction of sp³-hybridized carbons (Fsp3) is 0.750. The van der Waals surface area contributed by atoms with Crippen molar-refractivity contribution >= 4 is 17.8 Å². The van der Waals surface area contributed by atoms with Gasteiger partial charge in [0.2, 0.25) is 0 Å². The Morgan fingerprint density at radius 1 is 1.58 bits per heavy atom. The molecule has 19 heavy (non-hydrogen) atoms. The van der Waals surface area contributed by atoms with Gasteiger partial charge in [-0.1, -0.05) is 0 Å². The Morgan fingerprint density at radius 3 is 3.11 bits per heavy atom. The minimum Gasteiger partial charge on any atom is -0.337 e. The van der Waals surface area contributed by atoms with Crippen molar-refractivity contribution in [1.29, 1.82) is 0 Å². The summed E-state index contributed by atoms with van der Waals surface area (Å²) in [5.41, 5.74) is 0. The Bertz CT molecular complexity index is 428. The van der Waals surface area contributed by atoms with Crippen LogP contribution in [0, 0.1) is 0 Å². The monoisotopic (exact) mass is 283 g/mol. The van der Waals surface area contributed by atoms with E-state index in [-0.39, 0.29) is 10.8 Å². The van der Waals surface area contributed by atoms with Crippen LogP contribution >= 0.6 is 11.8 Å². The maximum Gasteiger partial charge on any atom is 0.315 e. The van der Waals surface area contributed by atoms with Gasteiger partial charge >= 0.3 is 6.03 Å². The number of hydrogen-bond donors (Lipinski definition) is 2. The zero-order valence-electron chi connectivity index (χ0n) is 11.5. The summed E-state index contributed by atoms with van der Waals surface area (Å²) in [6.45, 7) is 6.15. The summed E-state index contributed by atoms with van der Waals surface area (Å²) in [7, 11) is 0. The van der Waals surface area contributed by atoms with Gasteiger partial charge < -0.3 is 15.2 Å². The molecule has 1 aliphatic rings. The second-order valence-corrected chi connectivity index (χ2v) is 6.65. The molecule has 0 bridgehead atoms. The lowest BCUT2D eigenvalue weighted by molar-refractivity contribution is 0.239. The van der Waals surface area contributed by atoms with Crippen molar-refractivity contribution in [2.24, 2.45) is 0 Å². The number of nitrogens with one attached hydrogen (secondary N) is 2. The Kier molecular flexibility index (Phi) is 4.68. The van der Waals surface area contributed by atoms with E-state index in [0.717, 1.165) is 12.4 Å². The first-order valence-electron chi connectivity index (χ1n) is 6.65. The molecule has 0 saturated carbocycles. The van der Waals surface area contributed by atoms with Crippen LogP contribution in [-0.2, 0) is 13.1 Å². The molecule has 7 heteroatoms. The standard InChI is InChI=1S/C12H21N5OS/c1-3-17-9-15-16-10(17)7-13-11(18)14-8-12(2)5-4-6-19-12/h9H,3-8H2,1-2H3,(H2,13,14,18). The molecule has 0 aliphatic carbocycles. The quantitative estimate of drug-likeness (QED) is 0.856. The lowest BCUT2D eigenvalue weighted by Crippen LogP contribution is -2.42. The van der Waals surface area contributed by atoms with E-state index in [1.165, 1.54) is 18.6 Å². The maximum atomic E-state index is 11.7. The van der Waals surface area contributed by atoms with Gasteiger partial charge in [-0.25, -0.2) is 4.79 Å². The topological polar surface area (TPSA) is 71.8 Å². The van der Waals surface area contributed by atoms with Crippen molar-refractivity contribution in [2.45, 2.75) is 44.5 Å². The van der Waals surface area contributed by atoms with E-state index < -0.39 is 0 Å². The lowest BCUT2D eigenvalue weighted by atomic mass is 10.1. The largest absolute Gasteiger partial charge is 0.337 e. The Balaban J connectivity index is 1.73. The summed E-state index contributed by atoms with van der Waals surface area (Å²) < 4.78 is 2.11.